The topological polar surface area (TPSA) is 389 Å². The first kappa shape index (κ1) is 58.3. The quantitative estimate of drug-likeness (QED) is 0.0226. The average molecular weight is 973 g/mol. The molecular weight excluding hydrogens is 901 g/mol. The van der Waals surface area contributed by atoms with Crippen LogP contribution in [0.5, 0.6) is 0 Å². The number of nitrogens with two attached hydrogens (primary N) is 3. The monoisotopic (exact) mass is 973 g/mol. The molecule has 1 aromatic carbocycles. The maximum Gasteiger partial charge on any atom is 0.326 e. The second-order valence-electron chi connectivity index (χ2n) is 18.2. The number of carboxylic acid groups (broad SMARTS) is 2. The molecule has 0 radical (unpaired) electrons. The van der Waals surface area contributed by atoms with E-state index in [1.165, 1.54) is 4.90 Å². The van der Waals surface area contributed by atoms with Crippen molar-refractivity contribution in [3.8, 4) is 0 Å². The number of nitrogens with one attached hydrogen (secondary N) is 7. The molecule has 24 heteroatoms. The highest BCUT2D eigenvalue weighted by atomic mass is 16.4. The number of hydrogen-bond donors (Lipinski definition) is 12. The van der Waals surface area contributed by atoms with Gasteiger partial charge in [0.15, 0.2) is 5.96 Å². The number of aliphatic imine (C=N–C) groups is 1. The van der Waals surface area contributed by atoms with Gasteiger partial charge >= 0.3 is 11.9 Å². The molecule has 0 aliphatic carbocycles. The number of rotatable bonds is 29. The molecule has 24 nitrogen and oxygen atoms in total. The second-order valence-corrected chi connectivity index (χ2v) is 18.2. The molecular formula is C45H72N12O12. The van der Waals surface area contributed by atoms with E-state index in [2.05, 4.69) is 36.9 Å². The van der Waals surface area contributed by atoms with Gasteiger partial charge in [0.2, 0.25) is 47.3 Å². The van der Waals surface area contributed by atoms with E-state index in [9.17, 15) is 53.1 Å². The summed E-state index contributed by atoms with van der Waals surface area (Å²) in [5.74, 6) is -9.49. The maximum absolute atomic E-state index is 14.0. The van der Waals surface area contributed by atoms with Crippen molar-refractivity contribution in [2.75, 3.05) is 26.2 Å². The van der Waals surface area contributed by atoms with Crippen molar-refractivity contribution in [2.24, 2.45) is 39.9 Å². The predicted molar refractivity (Wildman–Crippen MR) is 252 cm³/mol. The van der Waals surface area contributed by atoms with Crippen LogP contribution in [0.25, 0.3) is 0 Å². The van der Waals surface area contributed by atoms with Crippen LogP contribution in [0.4, 0.5) is 0 Å². The summed E-state index contributed by atoms with van der Waals surface area (Å²) in [6.07, 6.45) is 0.761. The molecule has 384 valence electrons. The Labute approximate surface area is 401 Å². The summed E-state index contributed by atoms with van der Waals surface area (Å²) in [5.41, 5.74) is 17.5. The lowest BCUT2D eigenvalue weighted by molar-refractivity contribution is -0.147. The van der Waals surface area contributed by atoms with Crippen molar-refractivity contribution in [3.63, 3.8) is 0 Å². The first-order valence-corrected chi connectivity index (χ1v) is 23.0. The molecule has 0 unspecified atom stereocenters. The molecule has 1 aromatic rings. The highest BCUT2D eigenvalue weighted by molar-refractivity contribution is 5.97. The Bertz CT molecular complexity index is 1980. The van der Waals surface area contributed by atoms with Gasteiger partial charge in [-0.2, -0.15) is 0 Å². The minimum atomic E-state index is -1.73. The number of hydrogen-bond acceptors (Lipinski definition) is 12. The van der Waals surface area contributed by atoms with Crippen LogP contribution >= 0.6 is 0 Å². The smallest absolute Gasteiger partial charge is 0.326 e. The second kappa shape index (κ2) is 29.1. The number of amides is 8. The third kappa shape index (κ3) is 21.3. The zero-order chi connectivity index (χ0) is 52.0. The van der Waals surface area contributed by atoms with E-state index in [1.54, 1.807) is 58.0 Å². The molecule has 0 spiro atoms. The van der Waals surface area contributed by atoms with Gasteiger partial charge in [-0.25, -0.2) is 4.79 Å². The summed E-state index contributed by atoms with van der Waals surface area (Å²) in [7, 11) is 0. The highest BCUT2D eigenvalue weighted by Gasteiger charge is 2.37. The van der Waals surface area contributed by atoms with Gasteiger partial charge in [0.25, 0.3) is 0 Å². The molecule has 0 saturated carbocycles. The van der Waals surface area contributed by atoms with Crippen molar-refractivity contribution in [3.05, 3.63) is 35.9 Å². The van der Waals surface area contributed by atoms with Crippen molar-refractivity contribution >= 4 is 65.2 Å². The summed E-state index contributed by atoms with van der Waals surface area (Å²) in [6.45, 7) is 9.83. The summed E-state index contributed by atoms with van der Waals surface area (Å²) >= 11 is 0. The van der Waals surface area contributed by atoms with Crippen LogP contribution in [0, 0.1) is 17.8 Å². The lowest BCUT2D eigenvalue weighted by atomic mass is 9.98. The van der Waals surface area contributed by atoms with Gasteiger partial charge in [-0.3, -0.25) is 48.1 Å². The van der Waals surface area contributed by atoms with Crippen molar-refractivity contribution in [2.45, 2.75) is 135 Å². The van der Waals surface area contributed by atoms with Crippen LogP contribution in [0.15, 0.2) is 35.3 Å². The normalized spacial score (nSPS) is 15.9. The standard InChI is InChI=1S/C45H72N12O12/c1-24(2)18-29(39(63)50-22-34(58)52-32(44(68)69)21-36(60)61)54-42(66)33-15-11-17-57(33)35(59)23-51-40(64)31(20-27-12-8-7-9-13-27)55-43(67)37(26(5)6)56-41(65)30(19-25(3)4)53-38(62)28(46)14-10-16-49-45(47)48/h7-9,12-13,24-26,28-33,37H,10-11,14-23,46H2,1-6H3,(H,50,63)(H,51,64)(H,52,58)(H,53,62)(H,54,66)(H,55,67)(H,56,65)(H,60,61)(H,68,69)(H4,47,48,49)/t28-,29-,30-,31-,32-,33-,37-/m0/s1. The summed E-state index contributed by atoms with van der Waals surface area (Å²) in [5, 5.41) is 35.9. The number of likely N-dealkylation sites (tertiary alicyclic amines) is 1. The molecule has 1 fully saturated rings. The molecule has 1 saturated heterocycles. The Morgan fingerprint density at radius 2 is 1.29 bits per heavy atom. The molecule has 2 rings (SSSR count). The van der Waals surface area contributed by atoms with Gasteiger partial charge < -0.3 is 69.5 Å². The molecule has 7 atom stereocenters. The zero-order valence-electron chi connectivity index (χ0n) is 40.2. The number of carbonyl (C=O) groups is 10. The number of guanidine groups is 1. The highest BCUT2D eigenvalue weighted by Crippen LogP contribution is 2.19. The van der Waals surface area contributed by atoms with E-state index < -0.39 is 127 Å². The largest absolute Gasteiger partial charge is 0.481 e. The molecule has 15 N–H and O–H groups in total. The fourth-order valence-electron chi connectivity index (χ4n) is 7.35. The lowest BCUT2D eigenvalue weighted by Gasteiger charge is -2.29. The van der Waals surface area contributed by atoms with Gasteiger partial charge in [-0.1, -0.05) is 71.9 Å². The lowest BCUT2D eigenvalue weighted by Crippen LogP contribution is -2.60. The predicted octanol–water partition coefficient (Wildman–Crippen LogP) is -2.44. The van der Waals surface area contributed by atoms with Crippen molar-refractivity contribution in [1.82, 2.24) is 42.1 Å². The van der Waals surface area contributed by atoms with Crippen LogP contribution in [-0.2, 0) is 54.4 Å². The van der Waals surface area contributed by atoms with Crippen molar-refractivity contribution in [1.29, 1.82) is 0 Å². The summed E-state index contributed by atoms with van der Waals surface area (Å²) < 4.78 is 0. The minimum Gasteiger partial charge on any atom is -0.481 e. The van der Waals surface area contributed by atoms with E-state index >= 15 is 0 Å². The first-order chi connectivity index (χ1) is 32.4. The molecule has 1 aliphatic rings. The minimum absolute atomic E-state index is 0.00332. The number of benzene rings is 1. The Hall–Kier alpha value is -6.85. The molecule has 0 aromatic heterocycles. The molecule has 69 heavy (non-hydrogen) atoms. The number of nitrogens with zero attached hydrogens (tertiary/aromatic N) is 2. The van der Waals surface area contributed by atoms with Crippen LogP contribution in [0.3, 0.4) is 0 Å². The molecule has 1 heterocycles. The number of carbonyl (C=O) groups excluding carboxylic acids is 8. The number of carboxylic acids is 2. The average Bonchev–Trinajstić information content (AvgIpc) is 3.77. The number of aliphatic carboxylic acids is 2. The Morgan fingerprint density at radius 3 is 1.86 bits per heavy atom. The summed E-state index contributed by atoms with van der Waals surface area (Å²) in [6, 6.07) is 0.411. The molecule has 1 aliphatic heterocycles. The van der Waals surface area contributed by atoms with Gasteiger partial charge in [-0.15, -0.1) is 0 Å². The summed E-state index contributed by atoms with van der Waals surface area (Å²) in [4.78, 5) is 135. The Morgan fingerprint density at radius 1 is 0.710 bits per heavy atom. The fourth-order valence-corrected chi connectivity index (χ4v) is 7.35. The molecule has 0 bridgehead atoms. The SMILES string of the molecule is CC(C)C[C@H](NC(=O)[C@@H](N)CCCN=C(N)N)C(=O)N[C@H](C(=O)N[C@@H](Cc1ccccc1)C(=O)NCC(=O)N1CCC[C@H]1C(=O)N[C@@H](CC(C)C)C(=O)NCC(=O)N[C@@H](CC(=O)O)C(=O)O)C(C)C. The maximum atomic E-state index is 14.0. The van der Waals surface area contributed by atoms with Gasteiger partial charge in [0.1, 0.15) is 36.3 Å². The first-order valence-electron chi connectivity index (χ1n) is 23.0. The third-order valence-electron chi connectivity index (χ3n) is 10.9. The van der Waals surface area contributed by atoms with Crippen LogP contribution in [-0.4, -0.2) is 149 Å². The van der Waals surface area contributed by atoms with Gasteiger partial charge in [0, 0.05) is 19.5 Å². The van der Waals surface area contributed by atoms with Gasteiger partial charge in [-0.05, 0) is 61.8 Å². The van der Waals surface area contributed by atoms with Crippen LogP contribution < -0.4 is 54.4 Å². The van der Waals surface area contributed by atoms with E-state index in [4.69, 9.17) is 22.3 Å². The van der Waals surface area contributed by atoms with Crippen LogP contribution in [0.1, 0.15) is 92.1 Å². The Balaban J connectivity index is 2.18. The van der Waals surface area contributed by atoms with Crippen molar-refractivity contribution < 1.29 is 58.2 Å². The Kier molecular flexibility index (Phi) is 24.6. The third-order valence-corrected chi connectivity index (χ3v) is 10.9. The van der Waals surface area contributed by atoms with Crippen LogP contribution in [0.2, 0.25) is 0 Å². The zero-order valence-corrected chi connectivity index (χ0v) is 40.2. The fraction of sp³-hybridized carbons (Fsp3) is 0.622. The van der Waals surface area contributed by atoms with Gasteiger partial charge in [0.05, 0.1) is 25.6 Å². The van der Waals surface area contributed by atoms with E-state index in [0.717, 1.165) is 0 Å². The molecule has 8 amide bonds. The van der Waals surface area contributed by atoms with E-state index in [-0.39, 0.29) is 63.0 Å². The van der Waals surface area contributed by atoms with E-state index in [0.29, 0.717) is 18.4 Å². The van der Waals surface area contributed by atoms with E-state index in [1.807, 2.05) is 19.2 Å².